The Morgan fingerprint density at radius 1 is 1.21 bits per heavy atom. The molecule has 3 rings (SSSR count). The number of rotatable bonds is 4. The summed E-state index contributed by atoms with van der Waals surface area (Å²) in [6, 6.07) is 10.8. The molecule has 3 heteroatoms. The first-order valence-corrected chi connectivity index (χ1v) is 7.17. The summed E-state index contributed by atoms with van der Waals surface area (Å²) in [6.45, 7) is 0. The fraction of sp³-hybridized carbons (Fsp3) is 0.375. The number of furan rings is 1. The van der Waals surface area contributed by atoms with Crippen molar-refractivity contribution < 1.29 is 4.42 Å². The van der Waals surface area contributed by atoms with Crippen LogP contribution in [0.1, 0.15) is 34.9 Å². The van der Waals surface area contributed by atoms with E-state index in [0.29, 0.717) is 5.22 Å². The first-order valence-electron chi connectivity index (χ1n) is 6.79. The zero-order chi connectivity index (χ0) is 13.2. The zero-order valence-electron chi connectivity index (χ0n) is 11.1. The Balaban J connectivity index is 1.79. The van der Waals surface area contributed by atoms with Crippen LogP contribution in [-0.2, 0) is 19.3 Å². The van der Waals surface area contributed by atoms with Crippen LogP contribution in [0, 0.1) is 0 Å². The van der Waals surface area contributed by atoms with E-state index in [1.807, 2.05) is 13.1 Å². The maximum atomic E-state index is 5.85. The molecule has 0 fully saturated rings. The molecule has 1 aliphatic carbocycles. The lowest BCUT2D eigenvalue weighted by Gasteiger charge is -2.14. The number of likely N-dealkylation sites (N-methyl/N-ethyl adjacent to an activating group) is 1. The van der Waals surface area contributed by atoms with Crippen LogP contribution < -0.4 is 5.32 Å². The summed E-state index contributed by atoms with van der Waals surface area (Å²) in [5.41, 5.74) is 4.39. The fourth-order valence-corrected chi connectivity index (χ4v) is 3.00. The molecule has 0 spiro atoms. The number of hydrogen-bond acceptors (Lipinski definition) is 2. The lowest BCUT2D eigenvalue weighted by Crippen LogP contribution is -2.18. The quantitative estimate of drug-likeness (QED) is 0.915. The van der Waals surface area contributed by atoms with Gasteiger partial charge in [-0.05, 0) is 73.2 Å². The van der Waals surface area contributed by atoms with Gasteiger partial charge in [-0.3, -0.25) is 0 Å². The average molecular weight is 276 g/mol. The van der Waals surface area contributed by atoms with Crippen LogP contribution in [0.25, 0.3) is 0 Å². The Bertz CT molecular complexity index is 576. The van der Waals surface area contributed by atoms with E-state index >= 15 is 0 Å². The molecule has 1 heterocycles. The number of hydrogen-bond donors (Lipinski definition) is 1. The molecule has 1 unspecified atom stereocenters. The van der Waals surface area contributed by atoms with Crippen LogP contribution in [0.15, 0.2) is 34.7 Å². The van der Waals surface area contributed by atoms with Crippen LogP contribution in [0.3, 0.4) is 0 Å². The van der Waals surface area contributed by atoms with Crippen molar-refractivity contribution in [2.45, 2.75) is 31.7 Å². The maximum absolute atomic E-state index is 5.85. The summed E-state index contributed by atoms with van der Waals surface area (Å²) in [5, 5.41) is 3.74. The Morgan fingerprint density at radius 2 is 2.05 bits per heavy atom. The third-order valence-corrected chi connectivity index (χ3v) is 4.09. The Hall–Kier alpha value is -1.25. The third-order valence-electron chi connectivity index (χ3n) is 3.89. The molecule has 0 radical (unpaired) electrons. The number of aryl methyl sites for hydroxylation is 2. The van der Waals surface area contributed by atoms with Gasteiger partial charge in [-0.1, -0.05) is 18.2 Å². The molecular formula is C16H18ClNO. The Kier molecular flexibility index (Phi) is 3.63. The second-order valence-corrected chi connectivity index (χ2v) is 5.52. The third kappa shape index (κ3) is 2.70. The van der Waals surface area contributed by atoms with E-state index in [-0.39, 0.29) is 6.04 Å². The van der Waals surface area contributed by atoms with Crippen molar-refractivity contribution in [2.75, 3.05) is 7.05 Å². The molecule has 19 heavy (non-hydrogen) atoms. The van der Waals surface area contributed by atoms with Gasteiger partial charge in [0.2, 0.25) is 0 Å². The summed E-state index contributed by atoms with van der Waals surface area (Å²) >= 11 is 5.85. The van der Waals surface area contributed by atoms with Crippen molar-refractivity contribution in [3.8, 4) is 0 Å². The lowest BCUT2D eigenvalue weighted by atomic mass is 10.00. The van der Waals surface area contributed by atoms with Crippen molar-refractivity contribution >= 4 is 11.6 Å². The van der Waals surface area contributed by atoms with E-state index in [1.54, 1.807) is 6.07 Å². The molecule has 0 saturated carbocycles. The summed E-state index contributed by atoms with van der Waals surface area (Å²) in [7, 11) is 1.95. The number of benzene rings is 1. The maximum Gasteiger partial charge on any atom is 0.193 e. The topological polar surface area (TPSA) is 25.2 Å². The van der Waals surface area contributed by atoms with E-state index in [1.165, 1.54) is 36.0 Å². The molecule has 1 N–H and O–H groups in total. The summed E-state index contributed by atoms with van der Waals surface area (Å²) < 4.78 is 5.50. The van der Waals surface area contributed by atoms with Crippen LogP contribution >= 0.6 is 11.6 Å². The minimum atomic E-state index is 0.173. The standard InChI is InChI=1S/C16H18ClNO/c1-18-14(15-7-8-16(17)19-15)10-11-5-6-12-3-2-4-13(12)9-11/h5-9,14,18H,2-4,10H2,1H3. The summed E-state index contributed by atoms with van der Waals surface area (Å²) in [5.74, 6) is 0.896. The van der Waals surface area contributed by atoms with Crippen molar-refractivity contribution in [3.63, 3.8) is 0 Å². The van der Waals surface area contributed by atoms with Gasteiger partial charge in [-0.15, -0.1) is 0 Å². The molecule has 1 aromatic carbocycles. The van der Waals surface area contributed by atoms with Gasteiger partial charge in [0.25, 0.3) is 0 Å². The van der Waals surface area contributed by atoms with Crippen molar-refractivity contribution in [1.29, 1.82) is 0 Å². The first kappa shape index (κ1) is 12.8. The van der Waals surface area contributed by atoms with Gasteiger partial charge in [0.15, 0.2) is 5.22 Å². The van der Waals surface area contributed by atoms with Crippen LogP contribution in [0.5, 0.6) is 0 Å². The molecule has 0 amide bonds. The van der Waals surface area contributed by atoms with E-state index < -0.39 is 0 Å². The molecule has 100 valence electrons. The largest absolute Gasteiger partial charge is 0.448 e. The second-order valence-electron chi connectivity index (χ2n) is 5.14. The SMILES string of the molecule is CNC(Cc1ccc2c(c1)CCC2)c1ccc(Cl)o1. The molecule has 2 nitrogen and oxygen atoms in total. The predicted molar refractivity (Wildman–Crippen MR) is 77.7 cm³/mol. The second kappa shape index (κ2) is 5.40. The number of halogens is 1. The molecular weight excluding hydrogens is 258 g/mol. The van der Waals surface area contributed by atoms with Crippen LogP contribution in [0.4, 0.5) is 0 Å². The van der Waals surface area contributed by atoms with E-state index in [9.17, 15) is 0 Å². The molecule has 1 aliphatic rings. The van der Waals surface area contributed by atoms with E-state index in [0.717, 1.165) is 12.2 Å². The normalized spacial score (nSPS) is 15.5. The zero-order valence-corrected chi connectivity index (χ0v) is 11.8. The minimum absolute atomic E-state index is 0.173. The van der Waals surface area contributed by atoms with Gasteiger partial charge in [-0.2, -0.15) is 0 Å². The van der Waals surface area contributed by atoms with Gasteiger partial charge in [0.05, 0.1) is 6.04 Å². The van der Waals surface area contributed by atoms with E-state index in [2.05, 4.69) is 23.5 Å². The van der Waals surface area contributed by atoms with E-state index in [4.69, 9.17) is 16.0 Å². The minimum Gasteiger partial charge on any atom is -0.448 e. The highest BCUT2D eigenvalue weighted by atomic mass is 35.5. The molecule has 2 aromatic rings. The van der Waals surface area contributed by atoms with Gasteiger partial charge < -0.3 is 9.73 Å². The van der Waals surface area contributed by atoms with Gasteiger partial charge >= 0.3 is 0 Å². The van der Waals surface area contributed by atoms with Crippen molar-refractivity contribution in [3.05, 3.63) is 58.0 Å². The molecule has 0 bridgehead atoms. The molecule has 0 aliphatic heterocycles. The average Bonchev–Trinajstić information content (AvgIpc) is 3.04. The Morgan fingerprint density at radius 3 is 2.79 bits per heavy atom. The van der Waals surface area contributed by atoms with Crippen molar-refractivity contribution in [1.82, 2.24) is 5.32 Å². The summed E-state index contributed by atoms with van der Waals surface area (Å²) in [4.78, 5) is 0. The van der Waals surface area contributed by atoms with Crippen LogP contribution in [-0.4, -0.2) is 7.05 Å². The smallest absolute Gasteiger partial charge is 0.193 e. The highest BCUT2D eigenvalue weighted by Gasteiger charge is 2.16. The number of fused-ring (bicyclic) bond motifs is 1. The number of nitrogens with one attached hydrogen (secondary N) is 1. The van der Waals surface area contributed by atoms with Gasteiger partial charge in [-0.25, -0.2) is 0 Å². The monoisotopic (exact) mass is 275 g/mol. The Labute approximate surface area is 118 Å². The van der Waals surface area contributed by atoms with Gasteiger partial charge in [0.1, 0.15) is 5.76 Å². The molecule has 1 atom stereocenters. The fourth-order valence-electron chi connectivity index (χ4n) is 2.85. The van der Waals surface area contributed by atoms with Crippen LogP contribution in [0.2, 0.25) is 5.22 Å². The highest BCUT2D eigenvalue weighted by Crippen LogP contribution is 2.26. The molecule has 0 saturated heterocycles. The summed E-state index contributed by atoms with van der Waals surface area (Å²) in [6.07, 6.45) is 4.68. The predicted octanol–water partition coefficient (Wildman–Crippen LogP) is 3.92. The van der Waals surface area contributed by atoms with Gasteiger partial charge in [0, 0.05) is 0 Å². The highest BCUT2D eigenvalue weighted by molar-refractivity contribution is 6.28. The first-order chi connectivity index (χ1) is 9.26. The molecule has 1 aromatic heterocycles. The lowest BCUT2D eigenvalue weighted by molar-refractivity contribution is 0.430. The van der Waals surface area contributed by atoms with Crippen molar-refractivity contribution in [2.24, 2.45) is 0 Å².